The Hall–Kier alpha value is -3.68. The maximum Gasteiger partial charge on any atom is 0.306 e. The molecule has 0 unspecified atom stereocenters. The minimum absolute atomic E-state index is 0.00447. The number of ether oxygens (including phenoxy) is 1. The number of aromatic amines is 1. The van der Waals surface area contributed by atoms with E-state index in [0.717, 1.165) is 47.3 Å². The molecule has 4 aromatic rings. The number of nitrogens with zero attached hydrogens (tertiary/aromatic N) is 6. The summed E-state index contributed by atoms with van der Waals surface area (Å²) in [5.74, 6) is 0.996. The SMILES string of the molecule is CCCCc1nc(Cl)c(COC(=O)CCCCON(O)O)n1Cc1ccc(-c2ccccc2-c2nn[nH]n2)cc1. The normalized spacial score (nSPS) is 11.3. The number of carbonyl (C=O) groups excluding carboxylic acids is 1. The molecule has 2 aromatic heterocycles. The number of rotatable bonds is 15. The zero-order chi connectivity index (χ0) is 28.3. The van der Waals surface area contributed by atoms with Crippen molar-refractivity contribution in [1.29, 1.82) is 0 Å². The highest BCUT2D eigenvalue weighted by Gasteiger charge is 2.18. The predicted octanol–water partition coefficient (Wildman–Crippen LogP) is 5.00. The Morgan fingerprint density at radius 3 is 2.55 bits per heavy atom. The van der Waals surface area contributed by atoms with Gasteiger partial charge in [0.2, 0.25) is 5.82 Å². The minimum Gasteiger partial charge on any atom is -0.459 e. The Labute approximate surface area is 236 Å². The summed E-state index contributed by atoms with van der Waals surface area (Å²) in [5, 5.41) is 31.5. The van der Waals surface area contributed by atoms with Crippen molar-refractivity contribution in [3.05, 3.63) is 70.8 Å². The van der Waals surface area contributed by atoms with Crippen molar-refractivity contribution in [2.24, 2.45) is 0 Å². The molecule has 13 heteroatoms. The Bertz CT molecular complexity index is 1360. The number of esters is 1. The highest BCUT2D eigenvalue weighted by molar-refractivity contribution is 6.30. The number of nitrogens with one attached hydrogen (secondary N) is 1. The van der Waals surface area contributed by atoms with E-state index in [1.165, 1.54) is 0 Å². The number of carbonyl (C=O) groups is 1. The highest BCUT2D eigenvalue weighted by atomic mass is 35.5. The van der Waals surface area contributed by atoms with Gasteiger partial charge in [-0.2, -0.15) is 5.21 Å². The van der Waals surface area contributed by atoms with Crippen LogP contribution in [0.3, 0.4) is 0 Å². The van der Waals surface area contributed by atoms with E-state index in [-0.39, 0.29) is 31.0 Å². The number of hydrogen-bond donors (Lipinski definition) is 3. The summed E-state index contributed by atoms with van der Waals surface area (Å²) in [5.41, 5.74) is 4.58. The number of imidazole rings is 1. The van der Waals surface area contributed by atoms with Gasteiger partial charge in [-0.15, -0.1) is 10.2 Å². The Morgan fingerprint density at radius 1 is 1.07 bits per heavy atom. The zero-order valence-electron chi connectivity index (χ0n) is 22.2. The van der Waals surface area contributed by atoms with Gasteiger partial charge in [0.15, 0.2) is 5.15 Å². The standard InChI is InChI=1S/C27H32ClN7O5/c1-2-3-10-24-29-26(28)23(18-39-25(36)11-6-7-16-40-35(37)38)34(24)17-19-12-14-20(15-13-19)21-8-4-5-9-22(21)27-30-32-33-31-27/h4-5,8-9,12-15,37-38H,2-3,6-7,10-11,16-18H2,1H3,(H,30,31,32,33). The van der Waals surface area contributed by atoms with Gasteiger partial charge >= 0.3 is 5.97 Å². The van der Waals surface area contributed by atoms with Gasteiger partial charge in [0.25, 0.3) is 0 Å². The van der Waals surface area contributed by atoms with Crippen LogP contribution in [0, 0.1) is 0 Å². The molecule has 12 nitrogen and oxygen atoms in total. The Morgan fingerprint density at radius 2 is 1.85 bits per heavy atom. The van der Waals surface area contributed by atoms with Gasteiger partial charge in [-0.25, -0.2) is 4.98 Å². The molecule has 0 bridgehead atoms. The molecule has 2 aromatic carbocycles. The third kappa shape index (κ3) is 7.93. The fourth-order valence-electron chi connectivity index (χ4n) is 4.27. The summed E-state index contributed by atoms with van der Waals surface area (Å²) < 4.78 is 7.53. The van der Waals surface area contributed by atoms with Crippen molar-refractivity contribution in [3.8, 4) is 22.5 Å². The number of tetrazole rings is 1. The quantitative estimate of drug-likeness (QED) is 0.101. The molecule has 0 saturated carbocycles. The smallest absolute Gasteiger partial charge is 0.306 e. The molecule has 4 rings (SSSR count). The maximum atomic E-state index is 12.3. The molecule has 0 fully saturated rings. The first-order valence-corrected chi connectivity index (χ1v) is 13.5. The first-order valence-electron chi connectivity index (χ1n) is 13.1. The maximum absolute atomic E-state index is 12.3. The van der Waals surface area contributed by atoms with Crippen LogP contribution in [-0.2, 0) is 33.9 Å². The molecule has 0 saturated heterocycles. The van der Waals surface area contributed by atoms with Crippen LogP contribution in [0.1, 0.15) is 56.1 Å². The Balaban J connectivity index is 1.46. The van der Waals surface area contributed by atoms with Gasteiger partial charge < -0.3 is 9.30 Å². The lowest BCUT2D eigenvalue weighted by Crippen LogP contribution is -2.15. The molecular formula is C27H32ClN7O5. The van der Waals surface area contributed by atoms with Crippen molar-refractivity contribution < 1.29 is 24.8 Å². The molecule has 0 amide bonds. The number of aryl methyl sites for hydroxylation is 1. The second-order valence-corrected chi connectivity index (χ2v) is 9.49. The van der Waals surface area contributed by atoms with Crippen molar-refractivity contribution in [1.82, 2.24) is 35.6 Å². The van der Waals surface area contributed by atoms with E-state index in [1.54, 1.807) is 0 Å². The van der Waals surface area contributed by atoms with Crippen LogP contribution >= 0.6 is 11.6 Å². The topological polar surface area (TPSA) is 152 Å². The van der Waals surface area contributed by atoms with Crippen LogP contribution in [-0.4, -0.2) is 58.6 Å². The largest absolute Gasteiger partial charge is 0.459 e. The molecule has 212 valence electrons. The summed E-state index contributed by atoms with van der Waals surface area (Å²) in [7, 11) is 0. The van der Waals surface area contributed by atoms with Crippen LogP contribution in [0.4, 0.5) is 0 Å². The van der Waals surface area contributed by atoms with Crippen LogP contribution < -0.4 is 0 Å². The second-order valence-electron chi connectivity index (χ2n) is 9.14. The number of unbranched alkanes of at least 4 members (excludes halogenated alkanes) is 2. The van der Waals surface area contributed by atoms with E-state index in [2.05, 4.69) is 61.6 Å². The molecule has 40 heavy (non-hydrogen) atoms. The molecule has 0 spiro atoms. The van der Waals surface area contributed by atoms with Crippen LogP contribution in [0.25, 0.3) is 22.5 Å². The summed E-state index contributed by atoms with van der Waals surface area (Å²) in [6.07, 6.45) is 3.83. The minimum atomic E-state index is -0.381. The van der Waals surface area contributed by atoms with E-state index in [9.17, 15) is 4.79 Å². The average Bonchev–Trinajstić information content (AvgIpc) is 3.59. The number of H-pyrrole nitrogens is 1. The van der Waals surface area contributed by atoms with Crippen LogP contribution in [0.5, 0.6) is 0 Å². The zero-order valence-corrected chi connectivity index (χ0v) is 22.9. The number of halogens is 1. The van der Waals surface area contributed by atoms with Gasteiger partial charge in [-0.3, -0.25) is 20.0 Å². The molecule has 0 aliphatic rings. The third-order valence-electron chi connectivity index (χ3n) is 6.33. The summed E-state index contributed by atoms with van der Waals surface area (Å²) in [6, 6.07) is 16.1. The molecule has 3 N–H and O–H groups in total. The lowest BCUT2D eigenvalue weighted by atomic mass is 9.98. The van der Waals surface area contributed by atoms with E-state index in [0.29, 0.717) is 36.1 Å². The highest BCUT2D eigenvalue weighted by Crippen LogP contribution is 2.30. The molecular weight excluding hydrogens is 538 g/mol. The van der Waals surface area contributed by atoms with E-state index in [1.807, 2.05) is 28.8 Å². The first kappa shape index (κ1) is 29.3. The first-order chi connectivity index (χ1) is 19.5. The number of hydrogen-bond acceptors (Lipinski definition) is 10. The van der Waals surface area contributed by atoms with E-state index >= 15 is 0 Å². The van der Waals surface area contributed by atoms with Gasteiger partial charge in [-0.1, -0.05) is 73.5 Å². The molecule has 0 radical (unpaired) electrons. The number of aromatic nitrogens is 6. The van der Waals surface area contributed by atoms with Gasteiger partial charge in [0.1, 0.15) is 12.4 Å². The summed E-state index contributed by atoms with van der Waals surface area (Å²) in [6.45, 7) is 2.71. The second kappa shape index (κ2) is 14.6. The Kier molecular flexibility index (Phi) is 10.7. The van der Waals surface area contributed by atoms with E-state index in [4.69, 9.17) is 26.8 Å². The predicted molar refractivity (Wildman–Crippen MR) is 145 cm³/mol. The number of benzene rings is 2. The summed E-state index contributed by atoms with van der Waals surface area (Å²) >= 11 is 6.51. The molecule has 0 atom stereocenters. The monoisotopic (exact) mass is 569 g/mol. The van der Waals surface area contributed by atoms with Crippen molar-refractivity contribution in [3.63, 3.8) is 0 Å². The fourth-order valence-corrected chi connectivity index (χ4v) is 4.53. The summed E-state index contributed by atoms with van der Waals surface area (Å²) in [4.78, 5) is 21.4. The van der Waals surface area contributed by atoms with Crippen molar-refractivity contribution in [2.75, 3.05) is 6.61 Å². The van der Waals surface area contributed by atoms with Crippen molar-refractivity contribution in [2.45, 2.75) is 58.6 Å². The molecule has 0 aliphatic carbocycles. The van der Waals surface area contributed by atoms with Gasteiger partial charge in [-0.05, 0) is 41.2 Å². The lowest BCUT2D eigenvalue weighted by Gasteiger charge is -2.14. The average molecular weight is 570 g/mol. The van der Waals surface area contributed by atoms with Gasteiger partial charge in [0, 0.05) is 24.9 Å². The molecule has 2 heterocycles. The van der Waals surface area contributed by atoms with Crippen LogP contribution in [0.2, 0.25) is 5.15 Å². The third-order valence-corrected chi connectivity index (χ3v) is 6.63. The van der Waals surface area contributed by atoms with Crippen molar-refractivity contribution >= 4 is 17.6 Å². The lowest BCUT2D eigenvalue weighted by molar-refractivity contribution is -0.492. The van der Waals surface area contributed by atoms with Crippen LogP contribution in [0.15, 0.2) is 48.5 Å². The van der Waals surface area contributed by atoms with Gasteiger partial charge in [0.05, 0.1) is 17.7 Å². The van der Waals surface area contributed by atoms with E-state index < -0.39 is 0 Å². The fraction of sp³-hybridized carbons (Fsp3) is 0.370. The molecule has 0 aliphatic heterocycles.